The summed E-state index contributed by atoms with van der Waals surface area (Å²) in [5.74, 6) is 1.04. The molecule has 2 aromatic heterocycles. The Balaban J connectivity index is 1.90. The number of likely N-dealkylation sites (N-methyl/N-ethyl adjacent to an activating group) is 1. The van der Waals surface area contributed by atoms with E-state index in [1.165, 1.54) is 19.4 Å². The molecular weight excluding hydrogens is 272 g/mol. The molecule has 0 amide bonds. The molecule has 1 aliphatic heterocycles. The van der Waals surface area contributed by atoms with E-state index in [4.69, 9.17) is 4.98 Å². The van der Waals surface area contributed by atoms with Gasteiger partial charge in [0.2, 0.25) is 0 Å². The van der Waals surface area contributed by atoms with E-state index >= 15 is 0 Å². The first-order valence-electron chi connectivity index (χ1n) is 7.90. The quantitative estimate of drug-likeness (QED) is 0.726. The maximum Gasteiger partial charge on any atom is 0.160 e. The van der Waals surface area contributed by atoms with Gasteiger partial charge in [0.15, 0.2) is 5.65 Å². The predicted octanol–water partition coefficient (Wildman–Crippen LogP) is 3.37. The number of rotatable bonds is 2. The first-order chi connectivity index (χ1) is 10.8. The van der Waals surface area contributed by atoms with Crippen molar-refractivity contribution in [3.05, 3.63) is 48.7 Å². The molecule has 1 atom stereocenters. The van der Waals surface area contributed by atoms with Crippen molar-refractivity contribution in [1.29, 1.82) is 0 Å². The van der Waals surface area contributed by atoms with Crippen LogP contribution in [0.5, 0.6) is 0 Å². The van der Waals surface area contributed by atoms with E-state index in [-0.39, 0.29) is 0 Å². The number of pyridine rings is 1. The van der Waals surface area contributed by atoms with Gasteiger partial charge in [-0.2, -0.15) is 0 Å². The van der Waals surface area contributed by atoms with Crippen LogP contribution in [0, 0.1) is 0 Å². The number of piperidine rings is 1. The first-order valence-corrected chi connectivity index (χ1v) is 7.90. The molecule has 3 aromatic rings. The SMILES string of the molecule is CN1CCCC(n2c(-c3ccccc3)nc3cccnc32)C1. The van der Waals surface area contributed by atoms with Gasteiger partial charge in [-0.25, -0.2) is 9.97 Å². The van der Waals surface area contributed by atoms with Crippen molar-refractivity contribution in [2.24, 2.45) is 0 Å². The maximum atomic E-state index is 4.87. The Morgan fingerprint density at radius 3 is 2.77 bits per heavy atom. The number of imidazole rings is 1. The molecule has 1 fully saturated rings. The molecule has 3 heterocycles. The molecule has 4 heteroatoms. The van der Waals surface area contributed by atoms with E-state index in [0.717, 1.165) is 29.1 Å². The lowest BCUT2D eigenvalue weighted by Gasteiger charge is -2.31. The van der Waals surface area contributed by atoms with Crippen LogP contribution < -0.4 is 0 Å². The van der Waals surface area contributed by atoms with Gasteiger partial charge >= 0.3 is 0 Å². The summed E-state index contributed by atoms with van der Waals surface area (Å²) in [5.41, 5.74) is 3.14. The minimum Gasteiger partial charge on any atom is -0.304 e. The van der Waals surface area contributed by atoms with Crippen molar-refractivity contribution in [1.82, 2.24) is 19.4 Å². The summed E-state index contributed by atoms with van der Waals surface area (Å²) in [6, 6.07) is 14.9. The Bertz CT molecular complexity index is 778. The third kappa shape index (κ3) is 2.29. The van der Waals surface area contributed by atoms with E-state index in [0.29, 0.717) is 6.04 Å². The summed E-state index contributed by atoms with van der Waals surface area (Å²) in [6.45, 7) is 2.24. The van der Waals surface area contributed by atoms with Crippen LogP contribution in [0.25, 0.3) is 22.6 Å². The van der Waals surface area contributed by atoms with Crippen molar-refractivity contribution in [2.75, 3.05) is 20.1 Å². The second-order valence-corrected chi connectivity index (χ2v) is 6.08. The molecule has 4 rings (SSSR count). The second kappa shape index (κ2) is 5.54. The van der Waals surface area contributed by atoms with Gasteiger partial charge in [0.05, 0.1) is 0 Å². The summed E-state index contributed by atoms with van der Waals surface area (Å²) >= 11 is 0. The molecule has 0 saturated carbocycles. The number of fused-ring (bicyclic) bond motifs is 1. The lowest BCUT2D eigenvalue weighted by Crippen LogP contribution is -2.33. The maximum absolute atomic E-state index is 4.87. The Labute approximate surface area is 130 Å². The average Bonchev–Trinajstić information content (AvgIpc) is 2.95. The highest BCUT2D eigenvalue weighted by molar-refractivity contribution is 5.77. The van der Waals surface area contributed by atoms with E-state index in [2.05, 4.69) is 51.8 Å². The minimum absolute atomic E-state index is 0.439. The van der Waals surface area contributed by atoms with E-state index in [1.807, 2.05) is 18.3 Å². The molecule has 112 valence electrons. The third-order valence-corrected chi connectivity index (χ3v) is 4.45. The molecular formula is C18H20N4. The number of hydrogen-bond acceptors (Lipinski definition) is 3. The van der Waals surface area contributed by atoms with Gasteiger partial charge in [0, 0.05) is 24.3 Å². The van der Waals surface area contributed by atoms with Crippen LogP contribution in [0.15, 0.2) is 48.7 Å². The van der Waals surface area contributed by atoms with Gasteiger partial charge in [-0.3, -0.25) is 0 Å². The van der Waals surface area contributed by atoms with Crippen LogP contribution in [-0.2, 0) is 0 Å². The monoisotopic (exact) mass is 292 g/mol. The molecule has 0 spiro atoms. The van der Waals surface area contributed by atoms with Crippen LogP contribution in [0.3, 0.4) is 0 Å². The largest absolute Gasteiger partial charge is 0.304 e. The number of benzene rings is 1. The lowest BCUT2D eigenvalue weighted by atomic mass is 10.1. The predicted molar refractivity (Wildman–Crippen MR) is 88.7 cm³/mol. The van der Waals surface area contributed by atoms with Crippen LogP contribution in [0.1, 0.15) is 18.9 Å². The molecule has 0 aliphatic carbocycles. The summed E-state index contributed by atoms with van der Waals surface area (Å²) in [6.07, 6.45) is 4.27. The minimum atomic E-state index is 0.439. The molecule has 1 saturated heterocycles. The van der Waals surface area contributed by atoms with Gasteiger partial charge in [0.25, 0.3) is 0 Å². The zero-order valence-corrected chi connectivity index (χ0v) is 12.8. The fourth-order valence-corrected chi connectivity index (χ4v) is 3.42. The van der Waals surface area contributed by atoms with Crippen LogP contribution >= 0.6 is 0 Å². The summed E-state index contributed by atoms with van der Waals surface area (Å²) in [7, 11) is 2.20. The van der Waals surface area contributed by atoms with Crippen molar-refractivity contribution in [3.63, 3.8) is 0 Å². The van der Waals surface area contributed by atoms with Gasteiger partial charge in [-0.1, -0.05) is 30.3 Å². The van der Waals surface area contributed by atoms with Crippen molar-refractivity contribution in [2.45, 2.75) is 18.9 Å². The van der Waals surface area contributed by atoms with Gasteiger partial charge in [-0.05, 0) is 38.6 Å². The van der Waals surface area contributed by atoms with Crippen molar-refractivity contribution >= 4 is 11.2 Å². The Morgan fingerprint density at radius 1 is 1.09 bits per heavy atom. The summed E-state index contributed by atoms with van der Waals surface area (Å²) in [4.78, 5) is 11.9. The Morgan fingerprint density at radius 2 is 1.95 bits per heavy atom. The van der Waals surface area contributed by atoms with Crippen LogP contribution in [-0.4, -0.2) is 39.6 Å². The molecule has 0 N–H and O–H groups in total. The normalized spacial score (nSPS) is 19.6. The van der Waals surface area contributed by atoms with Gasteiger partial charge in [-0.15, -0.1) is 0 Å². The van der Waals surface area contributed by atoms with Crippen LogP contribution in [0.4, 0.5) is 0 Å². The highest BCUT2D eigenvalue weighted by Gasteiger charge is 2.24. The Kier molecular flexibility index (Phi) is 3.39. The zero-order chi connectivity index (χ0) is 14.9. The Hall–Kier alpha value is -2.20. The van der Waals surface area contributed by atoms with Gasteiger partial charge < -0.3 is 9.47 Å². The third-order valence-electron chi connectivity index (χ3n) is 4.45. The standard InChI is InChI=1S/C18H20N4/c1-21-12-6-9-15(13-21)22-17(14-7-3-2-4-8-14)20-16-10-5-11-19-18(16)22/h2-5,7-8,10-11,15H,6,9,12-13H2,1H3. The summed E-state index contributed by atoms with van der Waals surface area (Å²) in [5, 5.41) is 0. The second-order valence-electron chi connectivity index (χ2n) is 6.08. The van der Waals surface area contributed by atoms with Crippen molar-refractivity contribution in [3.8, 4) is 11.4 Å². The zero-order valence-electron chi connectivity index (χ0n) is 12.8. The summed E-state index contributed by atoms with van der Waals surface area (Å²) < 4.78 is 2.35. The first kappa shape index (κ1) is 13.5. The number of hydrogen-bond donors (Lipinski definition) is 0. The molecule has 1 aliphatic rings. The highest BCUT2D eigenvalue weighted by Crippen LogP contribution is 2.31. The van der Waals surface area contributed by atoms with E-state index in [9.17, 15) is 0 Å². The van der Waals surface area contributed by atoms with Crippen molar-refractivity contribution < 1.29 is 0 Å². The average molecular weight is 292 g/mol. The molecule has 0 radical (unpaired) electrons. The molecule has 4 nitrogen and oxygen atoms in total. The lowest BCUT2D eigenvalue weighted by molar-refractivity contribution is 0.215. The number of aromatic nitrogens is 3. The highest BCUT2D eigenvalue weighted by atomic mass is 15.2. The topological polar surface area (TPSA) is 34.0 Å². The molecule has 22 heavy (non-hydrogen) atoms. The molecule has 1 aromatic carbocycles. The number of likely N-dealkylation sites (tertiary alicyclic amines) is 1. The van der Waals surface area contributed by atoms with Crippen LogP contribution in [0.2, 0.25) is 0 Å². The van der Waals surface area contributed by atoms with Gasteiger partial charge in [0.1, 0.15) is 11.3 Å². The molecule has 1 unspecified atom stereocenters. The number of nitrogens with zero attached hydrogens (tertiary/aromatic N) is 4. The van der Waals surface area contributed by atoms with E-state index in [1.54, 1.807) is 0 Å². The molecule has 0 bridgehead atoms. The van der Waals surface area contributed by atoms with E-state index < -0.39 is 0 Å². The fraction of sp³-hybridized carbons (Fsp3) is 0.333. The fourth-order valence-electron chi connectivity index (χ4n) is 3.42. The smallest absolute Gasteiger partial charge is 0.160 e.